The van der Waals surface area contributed by atoms with E-state index in [1.54, 1.807) is 7.11 Å². The van der Waals surface area contributed by atoms with Gasteiger partial charge in [-0.1, -0.05) is 23.2 Å². The van der Waals surface area contributed by atoms with Gasteiger partial charge >= 0.3 is 0 Å². The van der Waals surface area contributed by atoms with E-state index < -0.39 is 0 Å². The molecule has 0 unspecified atom stereocenters. The lowest BCUT2D eigenvalue weighted by Gasteiger charge is -2.37. The second kappa shape index (κ2) is 4.70. The average molecular weight is 261 g/mol. The van der Waals surface area contributed by atoms with Crippen LogP contribution in [-0.4, -0.2) is 33.3 Å². The van der Waals surface area contributed by atoms with Crippen molar-refractivity contribution in [3.05, 3.63) is 22.2 Å². The normalized spacial score (nSPS) is 15.8. The molecule has 0 spiro atoms. The van der Waals surface area contributed by atoms with E-state index in [4.69, 9.17) is 27.9 Å². The zero-order chi connectivity index (χ0) is 11.7. The Morgan fingerprint density at radius 2 is 2.00 bits per heavy atom. The highest BCUT2D eigenvalue weighted by Crippen LogP contribution is 2.39. The zero-order valence-electron chi connectivity index (χ0n) is 9.26. The standard InChI is InChI=1S/C11H14Cl2N2O/c1-15(7-5-14-6-7)8-3-4-9(16-2)11(13)10(8)12/h3-4,7,14H,5-6H2,1-2H3. The van der Waals surface area contributed by atoms with Gasteiger partial charge in [0.15, 0.2) is 0 Å². The molecule has 1 saturated heterocycles. The lowest BCUT2D eigenvalue weighted by molar-refractivity contribution is 0.414. The molecule has 1 heterocycles. The predicted octanol–water partition coefficient (Wildman–Crippen LogP) is 2.41. The molecule has 0 bridgehead atoms. The highest BCUT2D eigenvalue weighted by molar-refractivity contribution is 6.44. The number of halogens is 2. The Morgan fingerprint density at radius 3 is 2.50 bits per heavy atom. The molecule has 0 saturated carbocycles. The third-order valence-electron chi connectivity index (χ3n) is 2.93. The van der Waals surface area contributed by atoms with Crippen LogP contribution in [0, 0.1) is 0 Å². The summed E-state index contributed by atoms with van der Waals surface area (Å²) in [6.07, 6.45) is 0. The van der Waals surface area contributed by atoms with E-state index in [1.807, 2.05) is 19.2 Å². The van der Waals surface area contributed by atoms with Crippen molar-refractivity contribution in [3.63, 3.8) is 0 Å². The number of ether oxygens (including phenoxy) is 1. The fourth-order valence-electron chi connectivity index (χ4n) is 1.70. The summed E-state index contributed by atoms with van der Waals surface area (Å²) in [5.74, 6) is 0.607. The SMILES string of the molecule is COc1ccc(N(C)C2CNC2)c(Cl)c1Cl. The first-order valence-corrected chi connectivity index (χ1v) is 5.86. The van der Waals surface area contributed by atoms with Crippen molar-refractivity contribution in [1.82, 2.24) is 5.32 Å². The molecule has 1 aliphatic rings. The number of nitrogens with zero attached hydrogens (tertiary/aromatic N) is 1. The van der Waals surface area contributed by atoms with Crippen molar-refractivity contribution in [2.45, 2.75) is 6.04 Å². The van der Waals surface area contributed by atoms with Crippen LogP contribution in [0.4, 0.5) is 5.69 Å². The van der Waals surface area contributed by atoms with Crippen LogP contribution < -0.4 is 15.0 Å². The molecular weight excluding hydrogens is 247 g/mol. The summed E-state index contributed by atoms with van der Waals surface area (Å²) in [7, 11) is 3.60. The monoisotopic (exact) mass is 260 g/mol. The largest absolute Gasteiger partial charge is 0.495 e. The Hall–Kier alpha value is -0.640. The number of rotatable bonds is 3. The minimum Gasteiger partial charge on any atom is -0.495 e. The van der Waals surface area contributed by atoms with Crippen LogP contribution >= 0.6 is 23.2 Å². The quantitative estimate of drug-likeness (QED) is 0.904. The molecule has 1 fully saturated rings. The van der Waals surface area contributed by atoms with E-state index in [1.165, 1.54) is 0 Å². The smallest absolute Gasteiger partial charge is 0.139 e. The van der Waals surface area contributed by atoms with Crippen LogP contribution in [0.25, 0.3) is 0 Å². The summed E-state index contributed by atoms with van der Waals surface area (Å²) in [5, 5.41) is 4.25. The lowest BCUT2D eigenvalue weighted by Crippen LogP contribution is -2.56. The molecule has 0 aromatic heterocycles. The first-order valence-electron chi connectivity index (χ1n) is 5.10. The van der Waals surface area contributed by atoms with Gasteiger partial charge in [0.05, 0.1) is 23.9 Å². The lowest BCUT2D eigenvalue weighted by atomic mass is 10.1. The Kier molecular flexibility index (Phi) is 3.47. The summed E-state index contributed by atoms with van der Waals surface area (Å²) in [4.78, 5) is 2.14. The van der Waals surface area contributed by atoms with E-state index in [0.29, 0.717) is 21.8 Å². The van der Waals surface area contributed by atoms with Gasteiger partial charge in [0, 0.05) is 20.1 Å². The number of anilines is 1. The number of likely N-dealkylation sites (N-methyl/N-ethyl adjacent to an activating group) is 1. The van der Waals surface area contributed by atoms with Crippen molar-refractivity contribution < 1.29 is 4.74 Å². The fourth-order valence-corrected chi connectivity index (χ4v) is 2.22. The molecule has 3 nitrogen and oxygen atoms in total. The van der Waals surface area contributed by atoms with Gasteiger partial charge in [0.1, 0.15) is 10.8 Å². The molecule has 0 atom stereocenters. The Morgan fingerprint density at radius 1 is 1.31 bits per heavy atom. The van der Waals surface area contributed by atoms with E-state index in [2.05, 4.69) is 10.2 Å². The van der Waals surface area contributed by atoms with Crippen molar-refractivity contribution in [2.24, 2.45) is 0 Å². The van der Waals surface area contributed by atoms with Crippen molar-refractivity contribution in [1.29, 1.82) is 0 Å². The average Bonchev–Trinajstić information content (AvgIpc) is 2.19. The van der Waals surface area contributed by atoms with Gasteiger partial charge in [0.2, 0.25) is 0 Å². The molecule has 5 heteroatoms. The van der Waals surface area contributed by atoms with Crippen LogP contribution in [0.3, 0.4) is 0 Å². The van der Waals surface area contributed by atoms with Gasteiger partial charge in [-0.3, -0.25) is 0 Å². The second-order valence-corrected chi connectivity index (χ2v) is 4.59. The van der Waals surface area contributed by atoms with Crippen molar-refractivity contribution in [3.8, 4) is 5.75 Å². The molecule has 2 rings (SSSR count). The molecule has 0 amide bonds. The van der Waals surface area contributed by atoms with Crippen LogP contribution in [0.1, 0.15) is 0 Å². The third kappa shape index (κ3) is 1.95. The molecule has 1 aromatic carbocycles. The van der Waals surface area contributed by atoms with Gasteiger partial charge in [-0.05, 0) is 12.1 Å². The predicted molar refractivity (Wildman–Crippen MR) is 68.1 cm³/mol. The first-order chi connectivity index (χ1) is 7.65. The molecule has 1 aliphatic heterocycles. The summed E-state index contributed by atoms with van der Waals surface area (Å²) < 4.78 is 5.11. The summed E-state index contributed by atoms with van der Waals surface area (Å²) in [6, 6.07) is 4.26. The van der Waals surface area contributed by atoms with Crippen LogP contribution in [0.15, 0.2) is 12.1 Å². The van der Waals surface area contributed by atoms with Crippen LogP contribution in [-0.2, 0) is 0 Å². The van der Waals surface area contributed by atoms with Gasteiger partial charge < -0.3 is 15.0 Å². The molecule has 1 aromatic rings. The van der Waals surface area contributed by atoms with Gasteiger partial charge in [0.25, 0.3) is 0 Å². The van der Waals surface area contributed by atoms with Crippen LogP contribution in [0.2, 0.25) is 10.0 Å². The van der Waals surface area contributed by atoms with E-state index in [0.717, 1.165) is 18.8 Å². The highest BCUT2D eigenvalue weighted by Gasteiger charge is 2.24. The van der Waals surface area contributed by atoms with E-state index in [9.17, 15) is 0 Å². The third-order valence-corrected chi connectivity index (χ3v) is 3.79. The number of benzene rings is 1. The van der Waals surface area contributed by atoms with Crippen molar-refractivity contribution in [2.75, 3.05) is 32.1 Å². The molecule has 1 N–H and O–H groups in total. The summed E-state index contributed by atoms with van der Waals surface area (Å²) in [5.41, 5.74) is 0.943. The van der Waals surface area contributed by atoms with Gasteiger partial charge in [-0.2, -0.15) is 0 Å². The molecule has 16 heavy (non-hydrogen) atoms. The first kappa shape index (κ1) is 11.8. The molecule has 88 valence electrons. The summed E-state index contributed by atoms with van der Waals surface area (Å²) in [6.45, 7) is 1.97. The molecular formula is C11H14Cl2N2O. The fraction of sp³-hybridized carbons (Fsp3) is 0.455. The maximum Gasteiger partial charge on any atom is 0.139 e. The minimum atomic E-state index is 0.473. The van der Waals surface area contributed by atoms with E-state index in [-0.39, 0.29) is 0 Å². The summed E-state index contributed by atoms with van der Waals surface area (Å²) >= 11 is 12.3. The van der Waals surface area contributed by atoms with Gasteiger partial charge in [-0.15, -0.1) is 0 Å². The van der Waals surface area contributed by atoms with Crippen molar-refractivity contribution >= 4 is 28.9 Å². The zero-order valence-corrected chi connectivity index (χ0v) is 10.8. The van der Waals surface area contributed by atoms with E-state index >= 15 is 0 Å². The van der Waals surface area contributed by atoms with Crippen LogP contribution in [0.5, 0.6) is 5.75 Å². The number of methoxy groups -OCH3 is 1. The Balaban J connectivity index is 2.30. The second-order valence-electron chi connectivity index (χ2n) is 3.84. The molecule has 0 radical (unpaired) electrons. The number of hydrogen-bond acceptors (Lipinski definition) is 3. The number of hydrogen-bond donors (Lipinski definition) is 1. The van der Waals surface area contributed by atoms with Gasteiger partial charge in [-0.25, -0.2) is 0 Å². The maximum atomic E-state index is 6.22. The topological polar surface area (TPSA) is 24.5 Å². The molecule has 0 aliphatic carbocycles. The highest BCUT2D eigenvalue weighted by atomic mass is 35.5. The minimum absolute atomic E-state index is 0.473. The Bertz CT molecular complexity index is 394. The maximum absolute atomic E-state index is 6.22. The Labute approximate surface area is 105 Å². The number of nitrogens with one attached hydrogen (secondary N) is 1.